The first-order chi connectivity index (χ1) is 11.3. The summed E-state index contributed by atoms with van der Waals surface area (Å²) in [7, 11) is 0. The van der Waals surface area contributed by atoms with Gasteiger partial charge in [0.05, 0.1) is 11.4 Å². The summed E-state index contributed by atoms with van der Waals surface area (Å²) in [5.41, 5.74) is 1.06. The van der Waals surface area contributed by atoms with E-state index >= 15 is 0 Å². The first kappa shape index (κ1) is 17.0. The Hall–Kier alpha value is -1.82. The molecule has 0 aliphatic heterocycles. The maximum absolute atomic E-state index is 12.9. The zero-order valence-electron chi connectivity index (χ0n) is 12.7. The highest BCUT2D eigenvalue weighted by molar-refractivity contribution is 6.29. The Morgan fingerprint density at radius 1 is 1.21 bits per heavy atom. The van der Waals surface area contributed by atoms with E-state index in [1.807, 2.05) is 0 Å². The van der Waals surface area contributed by atoms with Crippen molar-refractivity contribution in [2.75, 3.05) is 0 Å². The predicted molar refractivity (Wildman–Crippen MR) is 86.0 cm³/mol. The SMILES string of the molecule is O=C(NC1CCCC(C(F)(F)F)C1)c1ccc2nc(Cl)ccc2c1. The van der Waals surface area contributed by atoms with Crippen LogP contribution in [0.25, 0.3) is 10.9 Å². The molecule has 7 heteroatoms. The lowest BCUT2D eigenvalue weighted by Crippen LogP contribution is -2.41. The first-order valence-electron chi connectivity index (χ1n) is 7.77. The van der Waals surface area contributed by atoms with Crippen LogP contribution in [-0.4, -0.2) is 23.1 Å². The molecule has 1 aromatic heterocycles. The van der Waals surface area contributed by atoms with Gasteiger partial charge in [0.2, 0.25) is 0 Å². The Morgan fingerprint density at radius 2 is 2.00 bits per heavy atom. The maximum atomic E-state index is 12.9. The highest BCUT2D eigenvalue weighted by Crippen LogP contribution is 2.37. The molecule has 24 heavy (non-hydrogen) atoms. The van der Waals surface area contributed by atoms with Gasteiger partial charge < -0.3 is 5.32 Å². The molecular formula is C17H16ClF3N2O. The van der Waals surface area contributed by atoms with Crippen LogP contribution in [0.4, 0.5) is 13.2 Å². The lowest BCUT2D eigenvalue weighted by atomic mass is 9.85. The number of fused-ring (bicyclic) bond motifs is 1. The number of benzene rings is 1. The van der Waals surface area contributed by atoms with E-state index in [1.165, 1.54) is 0 Å². The van der Waals surface area contributed by atoms with Gasteiger partial charge in [0.1, 0.15) is 5.15 Å². The summed E-state index contributed by atoms with van der Waals surface area (Å²) in [6, 6.07) is 7.87. The highest BCUT2D eigenvalue weighted by atomic mass is 35.5. The normalized spacial score (nSPS) is 21.7. The lowest BCUT2D eigenvalue weighted by molar-refractivity contribution is -0.183. The summed E-state index contributed by atoms with van der Waals surface area (Å²) in [6.45, 7) is 0. The lowest BCUT2D eigenvalue weighted by Gasteiger charge is -2.31. The molecular weight excluding hydrogens is 341 g/mol. The summed E-state index contributed by atoms with van der Waals surface area (Å²) in [5.74, 6) is -1.70. The van der Waals surface area contributed by atoms with Crippen LogP contribution in [0.2, 0.25) is 5.15 Å². The average Bonchev–Trinajstić information content (AvgIpc) is 2.53. The molecule has 1 N–H and O–H groups in total. The molecule has 2 aromatic rings. The third-order valence-electron chi connectivity index (χ3n) is 4.39. The zero-order chi connectivity index (χ0) is 17.3. The van der Waals surface area contributed by atoms with E-state index in [9.17, 15) is 18.0 Å². The van der Waals surface area contributed by atoms with Crippen molar-refractivity contribution in [1.29, 1.82) is 0 Å². The fourth-order valence-electron chi connectivity index (χ4n) is 3.13. The van der Waals surface area contributed by atoms with E-state index in [-0.39, 0.29) is 18.7 Å². The molecule has 1 heterocycles. The number of rotatable bonds is 2. The van der Waals surface area contributed by atoms with Crippen LogP contribution in [0.1, 0.15) is 36.0 Å². The van der Waals surface area contributed by atoms with Gasteiger partial charge in [-0.25, -0.2) is 4.98 Å². The molecule has 1 saturated carbocycles. The molecule has 1 amide bonds. The van der Waals surface area contributed by atoms with Crippen LogP contribution in [0, 0.1) is 5.92 Å². The van der Waals surface area contributed by atoms with Crippen LogP contribution in [0.5, 0.6) is 0 Å². The number of nitrogens with one attached hydrogen (secondary N) is 1. The van der Waals surface area contributed by atoms with Crippen LogP contribution in [-0.2, 0) is 0 Å². The Labute approximate surface area is 142 Å². The second kappa shape index (κ2) is 6.59. The largest absolute Gasteiger partial charge is 0.391 e. The van der Waals surface area contributed by atoms with Crippen molar-refractivity contribution >= 4 is 28.4 Å². The Bertz CT molecular complexity index is 763. The van der Waals surface area contributed by atoms with Gasteiger partial charge in [0.25, 0.3) is 5.91 Å². The second-order valence-electron chi connectivity index (χ2n) is 6.12. The molecule has 2 atom stereocenters. The summed E-state index contributed by atoms with van der Waals surface area (Å²) < 4.78 is 38.6. The first-order valence-corrected chi connectivity index (χ1v) is 8.14. The third-order valence-corrected chi connectivity index (χ3v) is 4.60. The number of carbonyl (C=O) groups is 1. The number of pyridine rings is 1. The molecule has 0 radical (unpaired) electrons. The van der Waals surface area contributed by atoms with Crippen molar-refractivity contribution in [3.63, 3.8) is 0 Å². The molecule has 3 rings (SSSR count). The smallest absolute Gasteiger partial charge is 0.349 e. The van der Waals surface area contributed by atoms with Gasteiger partial charge in [-0.2, -0.15) is 13.2 Å². The molecule has 1 aliphatic rings. The molecule has 0 bridgehead atoms. The molecule has 2 unspecified atom stereocenters. The van der Waals surface area contributed by atoms with Crippen molar-refractivity contribution in [3.05, 3.63) is 41.0 Å². The minimum Gasteiger partial charge on any atom is -0.349 e. The molecule has 1 aromatic carbocycles. The third kappa shape index (κ3) is 3.80. The number of hydrogen-bond acceptors (Lipinski definition) is 2. The number of nitrogens with zero attached hydrogens (tertiary/aromatic N) is 1. The molecule has 3 nitrogen and oxygen atoms in total. The monoisotopic (exact) mass is 356 g/mol. The van der Waals surface area contributed by atoms with Crippen LogP contribution in [0.15, 0.2) is 30.3 Å². The topological polar surface area (TPSA) is 42.0 Å². The number of hydrogen-bond donors (Lipinski definition) is 1. The summed E-state index contributed by atoms with van der Waals surface area (Å²) in [5, 5.41) is 3.84. The van der Waals surface area contributed by atoms with E-state index < -0.39 is 18.1 Å². The van der Waals surface area contributed by atoms with Gasteiger partial charge in [-0.05, 0) is 49.6 Å². The van der Waals surface area contributed by atoms with Gasteiger partial charge in [-0.3, -0.25) is 4.79 Å². The van der Waals surface area contributed by atoms with Crippen LogP contribution >= 0.6 is 11.6 Å². The van der Waals surface area contributed by atoms with E-state index in [0.29, 0.717) is 29.1 Å². The highest BCUT2D eigenvalue weighted by Gasteiger charge is 2.42. The summed E-state index contributed by atoms with van der Waals surface area (Å²) in [4.78, 5) is 16.5. The molecule has 128 valence electrons. The summed E-state index contributed by atoms with van der Waals surface area (Å²) in [6.07, 6.45) is -3.08. The predicted octanol–water partition coefficient (Wildman–Crippen LogP) is 4.74. The second-order valence-corrected chi connectivity index (χ2v) is 6.50. The number of amides is 1. The van der Waals surface area contributed by atoms with Gasteiger partial charge in [-0.1, -0.05) is 18.0 Å². The molecule has 0 spiro atoms. The number of aromatic nitrogens is 1. The molecule has 0 saturated heterocycles. The van der Waals surface area contributed by atoms with Crippen molar-refractivity contribution in [3.8, 4) is 0 Å². The Kier molecular flexibility index (Phi) is 4.67. The molecule has 1 fully saturated rings. The van der Waals surface area contributed by atoms with Crippen molar-refractivity contribution in [1.82, 2.24) is 10.3 Å². The quantitative estimate of drug-likeness (QED) is 0.790. The van der Waals surface area contributed by atoms with Crippen LogP contribution in [0.3, 0.4) is 0 Å². The standard InChI is InChI=1S/C17H16ClF3N2O/c18-15-7-5-10-8-11(4-6-14(10)23-15)16(24)22-13-3-1-2-12(9-13)17(19,20)21/h4-8,12-13H,1-3,9H2,(H,22,24). The fourth-order valence-corrected chi connectivity index (χ4v) is 3.28. The van der Waals surface area contributed by atoms with Gasteiger partial charge in [-0.15, -0.1) is 0 Å². The fraction of sp³-hybridized carbons (Fsp3) is 0.412. The van der Waals surface area contributed by atoms with Crippen molar-refractivity contribution < 1.29 is 18.0 Å². The maximum Gasteiger partial charge on any atom is 0.391 e. The van der Waals surface area contributed by atoms with Crippen LogP contribution < -0.4 is 5.32 Å². The van der Waals surface area contributed by atoms with E-state index in [4.69, 9.17) is 11.6 Å². The minimum absolute atomic E-state index is 0.0556. The summed E-state index contributed by atoms with van der Waals surface area (Å²) >= 11 is 5.82. The van der Waals surface area contributed by atoms with Gasteiger partial charge in [0, 0.05) is 17.0 Å². The number of halogens is 4. The molecule has 1 aliphatic carbocycles. The van der Waals surface area contributed by atoms with Crippen molar-refractivity contribution in [2.45, 2.75) is 37.9 Å². The van der Waals surface area contributed by atoms with E-state index in [1.54, 1.807) is 30.3 Å². The van der Waals surface area contributed by atoms with E-state index in [0.717, 1.165) is 5.39 Å². The Morgan fingerprint density at radius 3 is 2.75 bits per heavy atom. The van der Waals surface area contributed by atoms with Gasteiger partial charge in [0.15, 0.2) is 0 Å². The Balaban J connectivity index is 1.71. The van der Waals surface area contributed by atoms with Crippen molar-refractivity contribution in [2.24, 2.45) is 5.92 Å². The van der Waals surface area contributed by atoms with E-state index in [2.05, 4.69) is 10.3 Å². The number of alkyl halides is 3. The minimum atomic E-state index is -4.20. The zero-order valence-corrected chi connectivity index (χ0v) is 13.5. The number of carbonyl (C=O) groups excluding carboxylic acids is 1. The van der Waals surface area contributed by atoms with Gasteiger partial charge >= 0.3 is 6.18 Å². The average molecular weight is 357 g/mol.